The lowest BCUT2D eigenvalue weighted by atomic mass is 9.93. The second-order valence-electron chi connectivity index (χ2n) is 4.39. The van der Waals surface area contributed by atoms with Gasteiger partial charge in [0.15, 0.2) is 0 Å². The van der Waals surface area contributed by atoms with Gasteiger partial charge in [-0.15, -0.1) is 0 Å². The molecule has 4 heteroatoms. The van der Waals surface area contributed by atoms with Gasteiger partial charge < -0.3 is 4.74 Å². The Labute approximate surface area is 101 Å². The standard InChI is InChI=1S/C13H17N3O/c14-16-15-12-8-4-5-9-13(12)17-10-11-6-2-1-3-7-11/h1-3,6-7,12-13H,4-5,8-10H2/t12-,13-/m1/s1. The normalized spacial score (nSPS) is 24.0. The molecule has 4 nitrogen and oxygen atoms in total. The third-order valence-electron chi connectivity index (χ3n) is 3.17. The molecule has 2 rings (SSSR count). The fourth-order valence-electron chi connectivity index (χ4n) is 2.25. The van der Waals surface area contributed by atoms with Crippen LogP contribution in [0.5, 0.6) is 0 Å². The summed E-state index contributed by atoms with van der Waals surface area (Å²) in [6.45, 7) is 0.600. The van der Waals surface area contributed by atoms with Crippen LogP contribution in [0, 0.1) is 0 Å². The van der Waals surface area contributed by atoms with Crippen molar-refractivity contribution in [2.45, 2.75) is 44.4 Å². The summed E-state index contributed by atoms with van der Waals surface area (Å²) >= 11 is 0. The maximum atomic E-state index is 8.52. The molecule has 1 aromatic rings. The zero-order chi connectivity index (χ0) is 11.9. The lowest BCUT2D eigenvalue weighted by Gasteiger charge is -2.28. The van der Waals surface area contributed by atoms with Crippen molar-refractivity contribution in [2.24, 2.45) is 5.11 Å². The lowest BCUT2D eigenvalue weighted by molar-refractivity contribution is 0.00419. The van der Waals surface area contributed by atoms with Crippen LogP contribution in [0.1, 0.15) is 31.2 Å². The van der Waals surface area contributed by atoms with E-state index in [0.717, 1.165) is 31.2 Å². The highest BCUT2D eigenvalue weighted by atomic mass is 16.5. The molecule has 0 unspecified atom stereocenters. The number of hydrogen-bond donors (Lipinski definition) is 0. The van der Waals surface area contributed by atoms with Crippen molar-refractivity contribution in [1.29, 1.82) is 0 Å². The van der Waals surface area contributed by atoms with Gasteiger partial charge in [-0.3, -0.25) is 0 Å². The average Bonchev–Trinajstić information content (AvgIpc) is 2.39. The zero-order valence-electron chi connectivity index (χ0n) is 9.83. The Morgan fingerprint density at radius 3 is 2.76 bits per heavy atom. The molecule has 0 radical (unpaired) electrons. The predicted octanol–water partition coefficient (Wildman–Crippen LogP) is 3.82. The molecule has 0 amide bonds. The Bertz CT molecular complexity index is 387. The number of ether oxygens (including phenoxy) is 1. The molecule has 2 atom stereocenters. The fourth-order valence-corrected chi connectivity index (χ4v) is 2.25. The monoisotopic (exact) mass is 231 g/mol. The molecule has 90 valence electrons. The van der Waals surface area contributed by atoms with Gasteiger partial charge in [-0.2, -0.15) is 0 Å². The highest BCUT2D eigenvalue weighted by Crippen LogP contribution is 2.24. The van der Waals surface area contributed by atoms with Crippen molar-refractivity contribution in [3.63, 3.8) is 0 Å². The van der Waals surface area contributed by atoms with Crippen molar-refractivity contribution >= 4 is 0 Å². The molecule has 1 fully saturated rings. The molecule has 0 spiro atoms. The van der Waals surface area contributed by atoms with E-state index in [9.17, 15) is 0 Å². The maximum absolute atomic E-state index is 8.52. The molecular formula is C13H17N3O. The van der Waals surface area contributed by atoms with Crippen LogP contribution in [0.25, 0.3) is 10.4 Å². The third-order valence-corrected chi connectivity index (χ3v) is 3.17. The minimum Gasteiger partial charge on any atom is -0.373 e. The quantitative estimate of drug-likeness (QED) is 0.441. The zero-order valence-corrected chi connectivity index (χ0v) is 9.83. The molecule has 17 heavy (non-hydrogen) atoms. The van der Waals surface area contributed by atoms with Gasteiger partial charge in [-0.1, -0.05) is 48.3 Å². The highest BCUT2D eigenvalue weighted by molar-refractivity contribution is 5.13. The van der Waals surface area contributed by atoms with E-state index < -0.39 is 0 Å². The van der Waals surface area contributed by atoms with Crippen LogP contribution in [-0.4, -0.2) is 12.1 Å². The van der Waals surface area contributed by atoms with Crippen molar-refractivity contribution in [1.82, 2.24) is 0 Å². The molecule has 1 aliphatic carbocycles. The predicted molar refractivity (Wildman–Crippen MR) is 66.4 cm³/mol. The Kier molecular flexibility index (Phi) is 4.42. The number of benzene rings is 1. The summed E-state index contributed by atoms with van der Waals surface area (Å²) in [5.41, 5.74) is 9.69. The Morgan fingerprint density at radius 2 is 2.00 bits per heavy atom. The third kappa shape index (κ3) is 3.48. The number of nitrogens with zero attached hydrogens (tertiary/aromatic N) is 3. The minimum atomic E-state index is 0.0115. The van der Waals surface area contributed by atoms with Gasteiger partial charge in [0.05, 0.1) is 18.8 Å². The van der Waals surface area contributed by atoms with E-state index >= 15 is 0 Å². The first-order valence-electron chi connectivity index (χ1n) is 6.10. The first-order valence-corrected chi connectivity index (χ1v) is 6.10. The van der Waals surface area contributed by atoms with Crippen LogP contribution in [0.3, 0.4) is 0 Å². The van der Waals surface area contributed by atoms with Crippen LogP contribution in [-0.2, 0) is 11.3 Å². The summed E-state index contributed by atoms with van der Waals surface area (Å²) in [7, 11) is 0. The molecule has 0 aromatic heterocycles. The largest absolute Gasteiger partial charge is 0.373 e. The van der Waals surface area contributed by atoms with E-state index in [4.69, 9.17) is 10.3 Å². The number of rotatable bonds is 4. The summed E-state index contributed by atoms with van der Waals surface area (Å²) in [6, 6.07) is 10.1. The molecule has 1 aromatic carbocycles. The van der Waals surface area contributed by atoms with Crippen molar-refractivity contribution in [2.75, 3.05) is 0 Å². The molecule has 0 N–H and O–H groups in total. The molecule has 1 saturated carbocycles. The summed E-state index contributed by atoms with van der Waals surface area (Å²) in [5.74, 6) is 0. The first kappa shape index (κ1) is 12.0. The summed E-state index contributed by atoms with van der Waals surface area (Å²) in [6.07, 6.45) is 4.33. The maximum Gasteiger partial charge on any atom is 0.0720 e. The summed E-state index contributed by atoms with van der Waals surface area (Å²) in [5, 5.41) is 3.83. The van der Waals surface area contributed by atoms with Crippen LogP contribution >= 0.6 is 0 Å². The van der Waals surface area contributed by atoms with E-state index in [1.165, 1.54) is 0 Å². The second kappa shape index (κ2) is 6.28. The van der Waals surface area contributed by atoms with E-state index in [-0.39, 0.29) is 12.1 Å². The number of hydrogen-bond acceptors (Lipinski definition) is 2. The van der Waals surface area contributed by atoms with Crippen molar-refractivity contribution in [3.05, 3.63) is 46.3 Å². The molecule has 1 aliphatic rings. The summed E-state index contributed by atoms with van der Waals surface area (Å²) < 4.78 is 5.87. The van der Waals surface area contributed by atoms with Gasteiger partial charge >= 0.3 is 0 Å². The smallest absolute Gasteiger partial charge is 0.0720 e. The van der Waals surface area contributed by atoms with Gasteiger partial charge in [-0.05, 0) is 23.9 Å². The lowest BCUT2D eigenvalue weighted by Crippen LogP contribution is -2.30. The Morgan fingerprint density at radius 1 is 1.24 bits per heavy atom. The van der Waals surface area contributed by atoms with Crippen molar-refractivity contribution in [3.8, 4) is 0 Å². The Balaban J connectivity index is 1.90. The second-order valence-corrected chi connectivity index (χ2v) is 4.39. The van der Waals surface area contributed by atoms with Crippen molar-refractivity contribution < 1.29 is 4.74 Å². The number of azide groups is 1. The van der Waals surface area contributed by atoms with Gasteiger partial charge in [0, 0.05) is 4.91 Å². The fraction of sp³-hybridized carbons (Fsp3) is 0.538. The molecule has 0 heterocycles. The average molecular weight is 231 g/mol. The van der Waals surface area contributed by atoms with E-state index in [1.807, 2.05) is 30.3 Å². The Hall–Kier alpha value is -1.51. The summed E-state index contributed by atoms with van der Waals surface area (Å²) in [4.78, 5) is 2.91. The molecule has 0 bridgehead atoms. The van der Waals surface area contributed by atoms with E-state index in [1.54, 1.807) is 0 Å². The topological polar surface area (TPSA) is 58.0 Å². The van der Waals surface area contributed by atoms with Crippen LogP contribution < -0.4 is 0 Å². The van der Waals surface area contributed by atoms with Gasteiger partial charge in [0.25, 0.3) is 0 Å². The molecule has 0 aliphatic heterocycles. The SMILES string of the molecule is [N-]=[N+]=N[C@@H]1CCCC[C@H]1OCc1ccccc1. The van der Waals surface area contributed by atoms with E-state index in [0.29, 0.717) is 6.61 Å². The van der Waals surface area contributed by atoms with E-state index in [2.05, 4.69) is 10.0 Å². The molecular weight excluding hydrogens is 214 g/mol. The highest BCUT2D eigenvalue weighted by Gasteiger charge is 2.24. The van der Waals surface area contributed by atoms with Crippen LogP contribution in [0.4, 0.5) is 0 Å². The van der Waals surface area contributed by atoms with Gasteiger partial charge in [0.2, 0.25) is 0 Å². The minimum absolute atomic E-state index is 0.0115. The first-order chi connectivity index (χ1) is 8.40. The molecule has 0 saturated heterocycles. The van der Waals surface area contributed by atoms with Gasteiger partial charge in [0.1, 0.15) is 0 Å². The van der Waals surface area contributed by atoms with Crippen LogP contribution in [0.15, 0.2) is 35.4 Å². The van der Waals surface area contributed by atoms with Gasteiger partial charge in [-0.25, -0.2) is 0 Å². The van der Waals surface area contributed by atoms with Crippen LogP contribution in [0.2, 0.25) is 0 Å².